The molecule has 5 rings (SSSR count). The first kappa shape index (κ1) is 22.4. The van der Waals surface area contributed by atoms with Crippen LogP contribution >= 0.6 is 11.6 Å². The maximum absolute atomic E-state index is 11.5. The van der Waals surface area contributed by atoms with Gasteiger partial charge in [-0.05, 0) is 47.5 Å². The van der Waals surface area contributed by atoms with Crippen LogP contribution in [0.4, 0.5) is 5.69 Å². The van der Waals surface area contributed by atoms with E-state index in [1.807, 2.05) is 54.6 Å². The molecule has 1 N–H and O–H groups in total. The lowest BCUT2D eigenvalue weighted by Gasteiger charge is -2.15. The first-order valence-corrected chi connectivity index (χ1v) is 11.5. The lowest BCUT2D eigenvalue weighted by Crippen LogP contribution is -2.00. The number of aromatic nitrogens is 1. The molecule has 1 aromatic heterocycles. The van der Waals surface area contributed by atoms with Crippen molar-refractivity contribution >= 4 is 29.5 Å². The summed E-state index contributed by atoms with van der Waals surface area (Å²) in [7, 11) is 0. The third kappa shape index (κ3) is 4.65. The second kappa shape index (κ2) is 9.84. The van der Waals surface area contributed by atoms with E-state index in [9.17, 15) is 9.90 Å². The summed E-state index contributed by atoms with van der Waals surface area (Å²) in [5.41, 5.74) is 6.62. The minimum absolute atomic E-state index is 0.0245. The number of para-hydroxylation sites is 1. The number of nitrogens with zero attached hydrogens (tertiary/aromatic N) is 2. The number of carboxylic acids is 1. The Hall–Kier alpha value is -4.41. The average Bonchev–Trinajstić information content (AvgIpc) is 3.29. The average molecular weight is 477 g/mol. The summed E-state index contributed by atoms with van der Waals surface area (Å²) in [5.74, 6) is -1.08. The summed E-state index contributed by atoms with van der Waals surface area (Å²) >= 11 is 6.04. The highest BCUT2D eigenvalue weighted by atomic mass is 35.5. The molecule has 4 aromatic carbocycles. The summed E-state index contributed by atoms with van der Waals surface area (Å²) in [5, 5.41) is 9.60. The molecule has 4 nitrogen and oxygen atoms in total. The Morgan fingerprint density at radius 2 is 1.37 bits per heavy atom. The van der Waals surface area contributed by atoms with Crippen LogP contribution in [0.3, 0.4) is 0 Å². The zero-order valence-corrected chi connectivity index (χ0v) is 19.4. The molecule has 0 radical (unpaired) electrons. The Bertz CT molecular complexity index is 1510. The molecule has 0 fully saturated rings. The smallest absolute Gasteiger partial charge is 0.337 e. The normalized spacial score (nSPS) is 11.1. The molecule has 0 saturated carbocycles. The zero-order chi connectivity index (χ0) is 24.2. The maximum atomic E-state index is 11.5. The van der Waals surface area contributed by atoms with Crippen LogP contribution in [0.5, 0.6) is 0 Å². The van der Waals surface area contributed by atoms with Crippen molar-refractivity contribution in [1.82, 2.24) is 4.57 Å². The van der Waals surface area contributed by atoms with E-state index in [-0.39, 0.29) is 10.6 Å². The third-order valence-electron chi connectivity index (χ3n) is 5.69. The quantitative estimate of drug-likeness (QED) is 0.253. The molecule has 0 spiro atoms. The maximum Gasteiger partial charge on any atom is 0.337 e. The van der Waals surface area contributed by atoms with Crippen LogP contribution in [-0.4, -0.2) is 21.9 Å². The van der Waals surface area contributed by atoms with Gasteiger partial charge in [-0.1, -0.05) is 90.5 Å². The van der Waals surface area contributed by atoms with Crippen molar-refractivity contribution in [3.8, 4) is 28.2 Å². The summed E-state index contributed by atoms with van der Waals surface area (Å²) in [6.07, 6.45) is 1.78. The zero-order valence-electron chi connectivity index (χ0n) is 18.7. The number of aromatic carboxylic acids is 1. The fraction of sp³-hybridized carbons (Fsp3) is 0. The predicted molar refractivity (Wildman–Crippen MR) is 142 cm³/mol. The molecule has 35 heavy (non-hydrogen) atoms. The molecule has 0 aliphatic carbocycles. The summed E-state index contributed by atoms with van der Waals surface area (Å²) in [4.78, 5) is 16.1. The Morgan fingerprint density at radius 1 is 0.771 bits per heavy atom. The Kier molecular flexibility index (Phi) is 6.29. The minimum atomic E-state index is -1.08. The fourth-order valence-electron chi connectivity index (χ4n) is 4.09. The van der Waals surface area contributed by atoms with Gasteiger partial charge in [-0.15, -0.1) is 0 Å². The summed E-state index contributed by atoms with van der Waals surface area (Å²) in [6, 6.07) is 37.5. The molecule has 0 bridgehead atoms. The second-order valence-electron chi connectivity index (χ2n) is 7.96. The van der Waals surface area contributed by atoms with E-state index in [4.69, 9.17) is 11.6 Å². The van der Waals surface area contributed by atoms with Crippen LogP contribution in [0, 0.1) is 0 Å². The van der Waals surface area contributed by atoms with Crippen LogP contribution in [0.2, 0.25) is 5.02 Å². The highest BCUT2D eigenvalue weighted by molar-refractivity contribution is 6.33. The van der Waals surface area contributed by atoms with E-state index >= 15 is 0 Å². The van der Waals surface area contributed by atoms with E-state index in [1.165, 1.54) is 6.07 Å². The molecule has 5 aromatic rings. The van der Waals surface area contributed by atoms with Gasteiger partial charge in [-0.3, -0.25) is 4.99 Å². The van der Waals surface area contributed by atoms with Crippen LogP contribution < -0.4 is 0 Å². The van der Waals surface area contributed by atoms with Crippen molar-refractivity contribution in [2.75, 3.05) is 0 Å². The predicted octanol–water partition coefficient (Wildman–Crippen LogP) is 7.91. The van der Waals surface area contributed by atoms with Gasteiger partial charge in [0, 0.05) is 17.5 Å². The largest absolute Gasteiger partial charge is 0.478 e. The first-order chi connectivity index (χ1) is 17.1. The first-order valence-electron chi connectivity index (χ1n) is 11.1. The van der Waals surface area contributed by atoms with Crippen molar-refractivity contribution in [3.05, 3.63) is 131 Å². The Labute approximate surface area is 208 Å². The lowest BCUT2D eigenvalue weighted by molar-refractivity contribution is 0.0697. The molecule has 1 heterocycles. The summed E-state index contributed by atoms with van der Waals surface area (Å²) < 4.78 is 2.23. The van der Waals surface area contributed by atoms with Crippen LogP contribution in [0.15, 0.2) is 120 Å². The van der Waals surface area contributed by atoms with Crippen molar-refractivity contribution in [1.29, 1.82) is 0 Å². The Morgan fingerprint density at radius 3 is 2.00 bits per heavy atom. The highest BCUT2D eigenvalue weighted by Gasteiger charge is 2.18. The van der Waals surface area contributed by atoms with Crippen LogP contribution in [0.1, 0.15) is 15.9 Å². The van der Waals surface area contributed by atoms with Gasteiger partial charge in [0.05, 0.1) is 27.7 Å². The lowest BCUT2D eigenvalue weighted by atomic mass is 10.1. The van der Waals surface area contributed by atoms with Crippen LogP contribution in [0.25, 0.3) is 28.2 Å². The molecule has 0 aliphatic heterocycles. The third-order valence-corrected chi connectivity index (χ3v) is 6.02. The monoisotopic (exact) mass is 476 g/mol. The van der Waals surface area contributed by atoms with Gasteiger partial charge in [0.15, 0.2) is 0 Å². The molecule has 170 valence electrons. The van der Waals surface area contributed by atoms with Gasteiger partial charge in [0.25, 0.3) is 0 Å². The topological polar surface area (TPSA) is 54.6 Å². The number of aliphatic imine (C=N–C) groups is 1. The number of rotatable bonds is 6. The van der Waals surface area contributed by atoms with E-state index in [0.29, 0.717) is 5.69 Å². The van der Waals surface area contributed by atoms with E-state index < -0.39 is 5.97 Å². The number of carboxylic acid groups (broad SMARTS) is 1. The van der Waals surface area contributed by atoms with Crippen molar-refractivity contribution in [3.63, 3.8) is 0 Å². The standard InChI is InChI=1S/C30H21ClN2O2/c31-27-17-16-24(19-26(27)30(34)35)32-20-23-18-28(21-10-4-1-5-11-21)33(25-14-8-3-9-15-25)29(23)22-12-6-2-7-13-22/h1-20H,(H,34,35). The molecule has 0 amide bonds. The number of benzene rings is 4. The van der Waals surface area contributed by atoms with Gasteiger partial charge >= 0.3 is 5.97 Å². The van der Waals surface area contributed by atoms with Crippen LogP contribution in [-0.2, 0) is 0 Å². The van der Waals surface area contributed by atoms with Gasteiger partial charge in [0.1, 0.15) is 0 Å². The fourth-order valence-corrected chi connectivity index (χ4v) is 4.29. The van der Waals surface area contributed by atoms with E-state index in [1.54, 1.807) is 18.3 Å². The second-order valence-corrected chi connectivity index (χ2v) is 8.37. The van der Waals surface area contributed by atoms with Gasteiger partial charge in [-0.2, -0.15) is 0 Å². The molecule has 0 unspecified atom stereocenters. The molecule has 0 aliphatic rings. The van der Waals surface area contributed by atoms with Crippen molar-refractivity contribution in [2.24, 2.45) is 4.99 Å². The number of halogens is 1. The number of hydrogen-bond acceptors (Lipinski definition) is 2. The van der Waals surface area contributed by atoms with Crippen molar-refractivity contribution in [2.45, 2.75) is 0 Å². The van der Waals surface area contributed by atoms with Gasteiger partial charge < -0.3 is 9.67 Å². The van der Waals surface area contributed by atoms with E-state index in [2.05, 4.69) is 52.0 Å². The molecular formula is C30H21ClN2O2. The van der Waals surface area contributed by atoms with Crippen molar-refractivity contribution < 1.29 is 9.90 Å². The summed E-state index contributed by atoms with van der Waals surface area (Å²) in [6.45, 7) is 0. The SMILES string of the molecule is O=C(O)c1cc(N=Cc2cc(-c3ccccc3)n(-c3ccccc3)c2-c2ccccc2)ccc1Cl. The molecule has 5 heteroatoms. The number of carbonyl (C=O) groups is 1. The number of hydrogen-bond donors (Lipinski definition) is 1. The van der Waals surface area contributed by atoms with E-state index in [0.717, 1.165) is 33.8 Å². The van der Waals surface area contributed by atoms with Gasteiger partial charge in [0.2, 0.25) is 0 Å². The Balaban J connectivity index is 1.74. The highest BCUT2D eigenvalue weighted by Crippen LogP contribution is 2.35. The minimum Gasteiger partial charge on any atom is -0.478 e. The molecule has 0 saturated heterocycles. The molecule has 0 atom stereocenters. The van der Waals surface area contributed by atoms with Gasteiger partial charge in [-0.25, -0.2) is 4.79 Å². The molecular weight excluding hydrogens is 456 g/mol.